The van der Waals surface area contributed by atoms with Crippen LogP contribution in [0.4, 0.5) is 0 Å². The molecule has 0 aliphatic carbocycles. The number of nitrogens with two attached hydrogens (primary N) is 1. The zero-order valence-electron chi connectivity index (χ0n) is 16.2. The van der Waals surface area contributed by atoms with Crippen molar-refractivity contribution in [2.75, 3.05) is 7.11 Å². The van der Waals surface area contributed by atoms with E-state index in [0.717, 1.165) is 38.9 Å². The van der Waals surface area contributed by atoms with E-state index in [2.05, 4.69) is 34.5 Å². The Morgan fingerprint density at radius 3 is 2.73 bits per heavy atom. The third kappa shape index (κ3) is 2.68. The highest BCUT2D eigenvalue weighted by atomic mass is 16.5. The van der Waals surface area contributed by atoms with Gasteiger partial charge in [0.05, 0.1) is 24.3 Å². The lowest BCUT2D eigenvalue weighted by molar-refractivity contribution is 0.379. The maximum atomic E-state index is 9.95. The molecule has 1 aromatic heterocycles. The van der Waals surface area contributed by atoms with Gasteiger partial charge in [-0.25, -0.2) is 0 Å². The fraction of sp³-hybridized carbons (Fsp3) is 0.0833. The number of hydrogen-bond donors (Lipinski definition) is 2. The van der Waals surface area contributed by atoms with Crippen molar-refractivity contribution in [3.05, 3.63) is 89.3 Å². The molecular weight excluding hydrogens is 376 g/mol. The van der Waals surface area contributed by atoms with Gasteiger partial charge in [-0.15, -0.1) is 5.10 Å². The van der Waals surface area contributed by atoms with Gasteiger partial charge in [0.15, 0.2) is 0 Å². The number of allylic oxidation sites excluding steroid dienone is 1. The number of nitrogens with zero attached hydrogens (tertiary/aromatic N) is 2. The van der Waals surface area contributed by atoms with Crippen LogP contribution in [0, 0.1) is 11.3 Å². The van der Waals surface area contributed by atoms with Crippen LogP contribution in [-0.2, 0) is 0 Å². The van der Waals surface area contributed by atoms with Crippen molar-refractivity contribution < 1.29 is 9.47 Å². The summed E-state index contributed by atoms with van der Waals surface area (Å²) in [7, 11) is 1.63. The molecule has 3 aromatic carbocycles. The van der Waals surface area contributed by atoms with Crippen LogP contribution in [0.15, 0.2) is 78.2 Å². The number of methoxy groups -OCH3 is 1. The van der Waals surface area contributed by atoms with Crippen molar-refractivity contribution in [2.45, 2.75) is 5.92 Å². The Labute approximate surface area is 173 Å². The molecular formula is C24H18N4O2. The van der Waals surface area contributed by atoms with Crippen molar-refractivity contribution in [1.29, 1.82) is 5.26 Å². The summed E-state index contributed by atoms with van der Waals surface area (Å²) >= 11 is 0. The Kier molecular flexibility index (Phi) is 4.15. The molecule has 1 aliphatic heterocycles. The number of H-pyrrole nitrogens is 1. The quantitative estimate of drug-likeness (QED) is 0.535. The van der Waals surface area contributed by atoms with Crippen molar-refractivity contribution >= 4 is 10.8 Å². The predicted octanol–water partition coefficient (Wildman–Crippen LogP) is 4.46. The topological polar surface area (TPSA) is 97.0 Å². The number of hydrogen-bond acceptors (Lipinski definition) is 5. The lowest BCUT2D eigenvalue weighted by atomic mass is 9.81. The van der Waals surface area contributed by atoms with E-state index in [1.54, 1.807) is 7.11 Å². The van der Waals surface area contributed by atoms with Crippen LogP contribution in [-0.4, -0.2) is 17.3 Å². The normalized spacial score (nSPS) is 15.4. The number of ether oxygens (including phenoxy) is 2. The summed E-state index contributed by atoms with van der Waals surface area (Å²) in [5.74, 6) is 0.767. The molecule has 0 amide bonds. The molecule has 146 valence electrons. The second kappa shape index (κ2) is 6.98. The third-order valence-electron chi connectivity index (χ3n) is 5.43. The van der Waals surface area contributed by atoms with E-state index in [1.165, 1.54) is 0 Å². The summed E-state index contributed by atoms with van der Waals surface area (Å²) in [5.41, 5.74) is 9.90. The molecule has 4 aromatic rings. The molecule has 6 nitrogen and oxygen atoms in total. The molecule has 1 atom stereocenters. The predicted molar refractivity (Wildman–Crippen MR) is 114 cm³/mol. The molecule has 0 saturated heterocycles. The van der Waals surface area contributed by atoms with E-state index >= 15 is 0 Å². The van der Waals surface area contributed by atoms with Crippen molar-refractivity contribution in [3.63, 3.8) is 0 Å². The molecule has 3 N–H and O–H groups in total. The zero-order valence-corrected chi connectivity index (χ0v) is 16.2. The number of nitrogens with one attached hydrogen (secondary N) is 1. The SMILES string of the molecule is COc1cccc(-c2[nH]nc3c2[C@H](c2cccc4ccccc24)C(C#N)=C(N)O3)c1. The van der Waals surface area contributed by atoms with Crippen molar-refractivity contribution in [2.24, 2.45) is 5.73 Å². The van der Waals surface area contributed by atoms with Crippen LogP contribution in [0.2, 0.25) is 0 Å². The fourth-order valence-corrected chi connectivity index (χ4v) is 4.06. The van der Waals surface area contributed by atoms with Gasteiger partial charge in [-0.1, -0.05) is 54.6 Å². The molecule has 6 heteroatoms. The first kappa shape index (κ1) is 17.8. The van der Waals surface area contributed by atoms with Crippen molar-refractivity contribution in [1.82, 2.24) is 10.2 Å². The van der Waals surface area contributed by atoms with Gasteiger partial charge in [-0.3, -0.25) is 5.10 Å². The lowest BCUT2D eigenvalue weighted by Crippen LogP contribution is -2.21. The monoisotopic (exact) mass is 394 g/mol. The van der Waals surface area contributed by atoms with Gasteiger partial charge in [-0.2, -0.15) is 5.26 Å². The van der Waals surface area contributed by atoms with E-state index in [1.807, 2.05) is 48.5 Å². The smallest absolute Gasteiger partial charge is 0.244 e. The van der Waals surface area contributed by atoms with Gasteiger partial charge < -0.3 is 15.2 Å². The van der Waals surface area contributed by atoms with Crippen LogP contribution in [0.25, 0.3) is 22.0 Å². The zero-order chi connectivity index (χ0) is 20.7. The maximum absolute atomic E-state index is 9.95. The third-order valence-corrected chi connectivity index (χ3v) is 5.43. The number of benzene rings is 3. The van der Waals surface area contributed by atoms with Crippen LogP contribution in [0.1, 0.15) is 17.0 Å². The Balaban J connectivity index is 1.79. The minimum atomic E-state index is -0.412. The summed E-state index contributed by atoms with van der Waals surface area (Å²) in [4.78, 5) is 0. The first-order valence-electron chi connectivity index (χ1n) is 9.49. The second-order valence-corrected chi connectivity index (χ2v) is 7.04. The Morgan fingerprint density at radius 2 is 1.90 bits per heavy atom. The molecule has 0 spiro atoms. The standard InChI is InChI=1S/C24H18N4O2/c1-29-16-9-4-8-15(12-16)22-21-20(19(13-25)23(26)30-24(21)28-27-22)18-11-5-7-14-6-2-3-10-17(14)18/h2-12,20H,26H2,1H3,(H,27,28)/t20-/m1/s1. The number of rotatable bonds is 3. The highest BCUT2D eigenvalue weighted by Crippen LogP contribution is 2.47. The number of aromatic nitrogens is 2. The van der Waals surface area contributed by atoms with Gasteiger partial charge in [0.1, 0.15) is 17.4 Å². The molecule has 0 unspecified atom stereocenters. The van der Waals surface area contributed by atoms with Gasteiger partial charge in [0.25, 0.3) is 0 Å². The van der Waals surface area contributed by atoms with Gasteiger partial charge in [0, 0.05) is 5.56 Å². The minimum absolute atomic E-state index is 0.0756. The molecule has 0 bridgehead atoms. The molecule has 2 heterocycles. The van der Waals surface area contributed by atoms with E-state index in [-0.39, 0.29) is 5.88 Å². The molecule has 1 aliphatic rings. The van der Waals surface area contributed by atoms with Crippen LogP contribution >= 0.6 is 0 Å². The Bertz CT molecular complexity index is 1340. The van der Waals surface area contributed by atoms with Gasteiger partial charge in [0.2, 0.25) is 11.8 Å². The molecule has 30 heavy (non-hydrogen) atoms. The van der Waals surface area contributed by atoms with E-state index in [9.17, 15) is 5.26 Å². The average molecular weight is 394 g/mol. The van der Waals surface area contributed by atoms with Gasteiger partial charge >= 0.3 is 0 Å². The number of fused-ring (bicyclic) bond motifs is 2. The van der Waals surface area contributed by atoms with Crippen LogP contribution in [0.5, 0.6) is 11.6 Å². The highest BCUT2D eigenvalue weighted by Gasteiger charge is 2.36. The molecule has 0 saturated carbocycles. The van der Waals surface area contributed by atoms with E-state index < -0.39 is 5.92 Å². The minimum Gasteiger partial charge on any atom is -0.497 e. The van der Waals surface area contributed by atoms with Crippen LogP contribution in [0.3, 0.4) is 0 Å². The van der Waals surface area contributed by atoms with Crippen molar-refractivity contribution in [3.8, 4) is 29.0 Å². The van der Waals surface area contributed by atoms with E-state index in [4.69, 9.17) is 15.2 Å². The molecule has 0 radical (unpaired) electrons. The summed E-state index contributed by atoms with van der Waals surface area (Å²) in [6, 6.07) is 24.1. The fourth-order valence-electron chi connectivity index (χ4n) is 4.06. The lowest BCUT2D eigenvalue weighted by Gasteiger charge is -2.25. The molecule has 0 fully saturated rings. The number of aromatic amines is 1. The molecule has 5 rings (SSSR count). The average Bonchev–Trinajstić information content (AvgIpc) is 3.21. The Morgan fingerprint density at radius 1 is 1.10 bits per heavy atom. The largest absolute Gasteiger partial charge is 0.497 e. The first-order valence-corrected chi connectivity index (χ1v) is 9.49. The first-order chi connectivity index (χ1) is 14.7. The maximum Gasteiger partial charge on any atom is 0.244 e. The summed E-state index contributed by atoms with van der Waals surface area (Å²) in [5, 5.41) is 19.5. The highest BCUT2D eigenvalue weighted by molar-refractivity contribution is 5.88. The van der Waals surface area contributed by atoms with Gasteiger partial charge in [-0.05, 0) is 28.5 Å². The Hall–Kier alpha value is -4.24. The number of nitriles is 1. The van der Waals surface area contributed by atoms with E-state index in [0.29, 0.717) is 11.5 Å². The summed E-state index contributed by atoms with van der Waals surface area (Å²) < 4.78 is 11.1. The summed E-state index contributed by atoms with van der Waals surface area (Å²) in [6.45, 7) is 0. The summed E-state index contributed by atoms with van der Waals surface area (Å²) in [6.07, 6.45) is 0. The second-order valence-electron chi connectivity index (χ2n) is 7.04. The van der Waals surface area contributed by atoms with Crippen LogP contribution < -0.4 is 15.2 Å².